The summed E-state index contributed by atoms with van der Waals surface area (Å²) in [5.41, 5.74) is 10.7. The number of hydrazone groups is 1. The Morgan fingerprint density at radius 2 is 1.93 bits per heavy atom. The summed E-state index contributed by atoms with van der Waals surface area (Å²) >= 11 is 5.70. The summed E-state index contributed by atoms with van der Waals surface area (Å²) in [6.45, 7) is 4.57. The number of hydrazine groups is 2. The quantitative estimate of drug-likeness (QED) is 0.340. The first kappa shape index (κ1) is 18.8. The normalized spacial score (nSPS) is 13.3. The van der Waals surface area contributed by atoms with E-state index in [2.05, 4.69) is 41.2 Å². The average molecular weight is 409 g/mol. The molecule has 0 amide bonds. The van der Waals surface area contributed by atoms with Crippen LogP contribution in [0, 0.1) is 28.6 Å². The number of amidine groups is 1. The Morgan fingerprint density at radius 1 is 1.17 bits per heavy atom. The zero-order valence-corrected chi connectivity index (χ0v) is 16.7. The van der Waals surface area contributed by atoms with Crippen molar-refractivity contribution in [1.29, 1.82) is 0 Å². The van der Waals surface area contributed by atoms with Crippen LogP contribution in [-0.2, 0) is 6.54 Å². The molecule has 0 bridgehead atoms. The Bertz CT molecular complexity index is 1160. The lowest BCUT2D eigenvalue weighted by Crippen LogP contribution is -2.40. The number of nitro benzene ring substituents is 1. The number of hydrogen-bond donors (Lipinski definition) is 3. The van der Waals surface area contributed by atoms with Crippen molar-refractivity contribution >= 4 is 23.7 Å². The maximum absolute atomic E-state index is 10.8. The molecule has 3 aromatic rings. The summed E-state index contributed by atoms with van der Waals surface area (Å²) in [6.07, 6.45) is 1.82. The zero-order valence-electron chi connectivity index (χ0n) is 15.8. The summed E-state index contributed by atoms with van der Waals surface area (Å²) in [6, 6.07) is 12.5. The van der Waals surface area contributed by atoms with E-state index >= 15 is 0 Å². The lowest BCUT2D eigenvalue weighted by molar-refractivity contribution is -0.384. The van der Waals surface area contributed by atoms with Crippen LogP contribution >= 0.6 is 12.2 Å². The van der Waals surface area contributed by atoms with Crippen LogP contribution in [0.15, 0.2) is 53.8 Å². The monoisotopic (exact) mass is 409 g/mol. The summed E-state index contributed by atoms with van der Waals surface area (Å²) in [5, 5.41) is 20.2. The van der Waals surface area contributed by atoms with Crippen LogP contribution in [0.3, 0.4) is 0 Å². The average Bonchev–Trinajstić information content (AvgIpc) is 3.30. The van der Waals surface area contributed by atoms with Crippen LogP contribution < -0.4 is 11.1 Å². The van der Waals surface area contributed by atoms with E-state index in [9.17, 15) is 10.1 Å². The second-order valence-corrected chi connectivity index (χ2v) is 7.10. The van der Waals surface area contributed by atoms with Crippen molar-refractivity contribution in [2.75, 3.05) is 0 Å². The van der Waals surface area contributed by atoms with Gasteiger partial charge in [0.2, 0.25) is 0 Å². The molecule has 3 N–H and O–H groups in total. The number of hydrogen-bond acceptors (Lipinski definition) is 7. The molecule has 0 saturated carbocycles. The number of benzene rings is 2. The highest BCUT2D eigenvalue weighted by molar-refractivity contribution is 7.71. The van der Waals surface area contributed by atoms with Gasteiger partial charge in [0.25, 0.3) is 5.69 Å². The third-order valence-corrected chi connectivity index (χ3v) is 5.32. The smallest absolute Gasteiger partial charge is 0.269 e. The second-order valence-electron chi connectivity index (χ2n) is 6.72. The molecule has 1 aliphatic rings. The first-order chi connectivity index (χ1) is 14.0. The molecule has 0 atom stereocenters. The van der Waals surface area contributed by atoms with Crippen LogP contribution in [0.25, 0.3) is 5.69 Å². The lowest BCUT2D eigenvalue weighted by Gasteiger charge is -2.18. The number of nitro groups is 1. The number of nitrogens with zero attached hydrogens (tertiary/aromatic N) is 4. The predicted octanol–water partition coefficient (Wildman–Crippen LogP) is 3.25. The maximum atomic E-state index is 10.8. The van der Waals surface area contributed by atoms with E-state index < -0.39 is 4.92 Å². The number of nitrogens with one attached hydrogen (secondary N) is 3. The van der Waals surface area contributed by atoms with Crippen molar-refractivity contribution < 1.29 is 4.92 Å². The lowest BCUT2D eigenvalue weighted by atomic mass is 10.1. The minimum atomic E-state index is -0.415. The van der Waals surface area contributed by atoms with Crippen molar-refractivity contribution in [3.05, 3.63) is 85.7 Å². The third kappa shape index (κ3) is 3.50. The van der Waals surface area contributed by atoms with Gasteiger partial charge in [-0.3, -0.25) is 20.2 Å². The maximum Gasteiger partial charge on any atom is 0.269 e. The van der Waals surface area contributed by atoms with Gasteiger partial charge in [-0.15, -0.1) is 10.6 Å². The first-order valence-electron chi connectivity index (χ1n) is 8.92. The van der Waals surface area contributed by atoms with Gasteiger partial charge >= 0.3 is 0 Å². The number of aromatic nitrogens is 2. The van der Waals surface area contributed by atoms with E-state index in [1.165, 1.54) is 17.7 Å². The van der Waals surface area contributed by atoms with Gasteiger partial charge in [-0.05, 0) is 36.6 Å². The van der Waals surface area contributed by atoms with Gasteiger partial charge in [-0.2, -0.15) is 0 Å². The minimum Gasteiger partial charge on any atom is -0.299 e. The van der Waals surface area contributed by atoms with E-state index in [1.807, 2.05) is 23.0 Å². The van der Waals surface area contributed by atoms with Gasteiger partial charge in [0.1, 0.15) is 4.64 Å². The Hall–Kier alpha value is -3.50. The molecular weight excluding hydrogens is 390 g/mol. The molecule has 4 rings (SSSR count). The van der Waals surface area contributed by atoms with Gasteiger partial charge in [-0.1, -0.05) is 36.5 Å². The number of aryl methyl sites for hydroxylation is 1. The fraction of sp³-hybridized carbons (Fsp3) is 0.158. The largest absolute Gasteiger partial charge is 0.299 e. The predicted molar refractivity (Wildman–Crippen MR) is 112 cm³/mol. The van der Waals surface area contributed by atoms with E-state index in [1.54, 1.807) is 17.1 Å². The van der Waals surface area contributed by atoms with Gasteiger partial charge in [0, 0.05) is 18.3 Å². The molecule has 0 saturated heterocycles. The Morgan fingerprint density at radius 3 is 2.66 bits per heavy atom. The molecule has 2 heterocycles. The van der Waals surface area contributed by atoms with Crippen molar-refractivity contribution in [2.45, 2.75) is 20.4 Å². The highest BCUT2D eigenvalue weighted by Crippen LogP contribution is 2.20. The number of non-ortho nitro benzene ring substituents is 1. The molecule has 0 spiro atoms. The van der Waals surface area contributed by atoms with E-state index in [0.717, 1.165) is 22.4 Å². The minimum absolute atomic E-state index is 0.0585. The summed E-state index contributed by atoms with van der Waals surface area (Å²) < 4.78 is 2.47. The summed E-state index contributed by atoms with van der Waals surface area (Å²) in [4.78, 5) is 10.4. The third-order valence-electron chi connectivity index (χ3n) is 4.92. The standard InChI is InChI=1S/C19H19N7O2S/c1-12-4-3-5-17(13(12)2)25-19(29)16(10-20-25)18-21-22-23-24(18)11-14-6-8-15(9-7-14)26(27)28/h3-10,20,22-23H,11H2,1-2H3. The van der Waals surface area contributed by atoms with Crippen LogP contribution in [0.4, 0.5) is 5.69 Å². The van der Waals surface area contributed by atoms with E-state index in [4.69, 9.17) is 12.2 Å². The molecule has 29 heavy (non-hydrogen) atoms. The number of rotatable bonds is 5. The van der Waals surface area contributed by atoms with Crippen molar-refractivity contribution in [3.63, 3.8) is 0 Å². The SMILES string of the molecule is Cc1cccc(-n2[nH]cc(C3=NNNN3Cc3ccc([N+](=O)[O-])cc3)c2=S)c1C. The van der Waals surface area contributed by atoms with E-state index in [0.29, 0.717) is 17.0 Å². The van der Waals surface area contributed by atoms with Crippen molar-refractivity contribution in [2.24, 2.45) is 5.10 Å². The Balaban J connectivity index is 1.61. The van der Waals surface area contributed by atoms with Crippen LogP contribution in [-0.4, -0.2) is 25.5 Å². The Labute approximate surface area is 171 Å². The molecule has 1 aliphatic heterocycles. The molecule has 0 radical (unpaired) electrons. The fourth-order valence-electron chi connectivity index (χ4n) is 3.16. The summed E-state index contributed by atoms with van der Waals surface area (Å²) in [5.74, 6) is 0.633. The zero-order chi connectivity index (χ0) is 20.5. The van der Waals surface area contributed by atoms with E-state index in [-0.39, 0.29) is 5.69 Å². The molecule has 0 aliphatic carbocycles. The second kappa shape index (κ2) is 7.49. The number of H-pyrrole nitrogens is 1. The molecule has 9 nitrogen and oxygen atoms in total. The van der Waals surface area contributed by atoms with Gasteiger partial charge < -0.3 is 0 Å². The molecule has 2 aromatic carbocycles. The first-order valence-corrected chi connectivity index (χ1v) is 9.33. The van der Waals surface area contributed by atoms with Gasteiger partial charge in [0.15, 0.2) is 5.84 Å². The highest BCUT2D eigenvalue weighted by atomic mass is 32.1. The number of aromatic amines is 1. The van der Waals surface area contributed by atoms with Crippen LogP contribution in [0.5, 0.6) is 0 Å². The highest BCUT2D eigenvalue weighted by Gasteiger charge is 2.23. The molecule has 0 fully saturated rings. The summed E-state index contributed by atoms with van der Waals surface area (Å²) in [7, 11) is 0. The van der Waals surface area contributed by atoms with Crippen LogP contribution in [0.2, 0.25) is 0 Å². The topological polar surface area (TPSA) is 104 Å². The van der Waals surface area contributed by atoms with Crippen molar-refractivity contribution in [3.8, 4) is 5.69 Å². The molecular formula is C19H19N7O2S. The molecule has 148 valence electrons. The molecule has 1 aromatic heterocycles. The van der Waals surface area contributed by atoms with Crippen molar-refractivity contribution in [1.82, 2.24) is 25.9 Å². The van der Waals surface area contributed by atoms with Crippen LogP contribution in [0.1, 0.15) is 22.3 Å². The molecule has 10 heteroatoms. The van der Waals surface area contributed by atoms with Gasteiger partial charge in [0.05, 0.1) is 22.7 Å². The molecule has 0 unspecified atom stereocenters. The fourth-order valence-corrected chi connectivity index (χ4v) is 3.47. The Kier molecular flexibility index (Phi) is 4.87. The van der Waals surface area contributed by atoms with Gasteiger partial charge in [-0.25, -0.2) is 10.2 Å².